The number of piperidine rings is 1. The maximum atomic E-state index is 12.9. The number of para-hydroxylation sites is 1. The molecule has 2 aliphatic rings. The molecular weight excluding hydrogens is 362 g/mol. The third kappa shape index (κ3) is 3.84. The second kappa shape index (κ2) is 7.93. The molecule has 0 radical (unpaired) electrons. The van der Waals surface area contributed by atoms with Gasteiger partial charge in [0.15, 0.2) is 0 Å². The third-order valence-corrected chi connectivity index (χ3v) is 6.35. The molecule has 0 unspecified atom stereocenters. The predicted octanol–water partition coefficient (Wildman–Crippen LogP) is 4.12. The van der Waals surface area contributed by atoms with E-state index in [1.54, 1.807) is 0 Å². The highest BCUT2D eigenvalue weighted by atomic mass is 35.5. The molecule has 1 saturated heterocycles. The number of aromatic amines is 1. The molecule has 1 aromatic heterocycles. The number of carbonyl (C=O) groups is 2. The summed E-state index contributed by atoms with van der Waals surface area (Å²) < 4.78 is 0. The molecule has 4 rings (SSSR count). The van der Waals surface area contributed by atoms with Crippen LogP contribution in [-0.2, 0) is 4.79 Å². The monoisotopic (exact) mass is 387 g/mol. The van der Waals surface area contributed by atoms with Crippen molar-refractivity contribution in [3.05, 3.63) is 35.0 Å². The van der Waals surface area contributed by atoms with E-state index in [1.165, 1.54) is 6.42 Å². The number of carbonyl (C=O) groups excluding carboxylic acids is 2. The lowest BCUT2D eigenvalue weighted by atomic mass is 9.88. The normalized spacial score (nSPS) is 19.4. The quantitative estimate of drug-likeness (QED) is 0.831. The molecule has 0 spiro atoms. The van der Waals surface area contributed by atoms with Gasteiger partial charge < -0.3 is 15.2 Å². The third-order valence-electron chi connectivity index (χ3n) is 5.96. The number of likely N-dealkylation sites (tertiary alicyclic amines) is 1. The maximum Gasteiger partial charge on any atom is 0.271 e. The number of H-pyrrole nitrogens is 1. The first-order valence-electron chi connectivity index (χ1n) is 9.99. The summed E-state index contributed by atoms with van der Waals surface area (Å²) >= 11 is 6.42. The molecule has 1 aromatic carbocycles. The van der Waals surface area contributed by atoms with E-state index in [0.29, 0.717) is 23.8 Å². The predicted molar refractivity (Wildman–Crippen MR) is 107 cm³/mol. The summed E-state index contributed by atoms with van der Waals surface area (Å²) in [6.45, 7) is 1.28. The molecule has 6 heteroatoms. The number of halogens is 1. The highest BCUT2D eigenvalue weighted by Crippen LogP contribution is 2.29. The SMILES string of the molecule is O=C(NC1CCN(C(=O)c2[nH]c3ccccc3c2Cl)CC1)C1CCCCC1. The number of rotatable bonds is 3. The largest absolute Gasteiger partial charge is 0.353 e. The Kier molecular flexibility index (Phi) is 5.39. The van der Waals surface area contributed by atoms with Crippen LogP contribution >= 0.6 is 11.6 Å². The lowest BCUT2D eigenvalue weighted by molar-refractivity contribution is -0.126. The van der Waals surface area contributed by atoms with E-state index in [1.807, 2.05) is 29.2 Å². The summed E-state index contributed by atoms with van der Waals surface area (Å²) in [5, 5.41) is 4.57. The Balaban J connectivity index is 1.35. The highest BCUT2D eigenvalue weighted by Gasteiger charge is 2.29. The van der Waals surface area contributed by atoms with Gasteiger partial charge in [0, 0.05) is 36.0 Å². The Labute approximate surface area is 164 Å². The Bertz CT molecular complexity index is 833. The van der Waals surface area contributed by atoms with Crippen LogP contribution in [0.25, 0.3) is 10.9 Å². The number of fused-ring (bicyclic) bond motifs is 1. The van der Waals surface area contributed by atoms with Gasteiger partial charge in [0.1, 0.15) is 5.69 Å². The van der Waals surface area contributed by atoms with Gasteiger partial charge in [-0.2, -0.15) is 0 Å². The Hall–Kier alpha value is -2.01. The van der Waals surface area contributed by atoms with E-state index in [-0.39, 0.29) is 23.8 Å². The zero-order valence-corrected chi connectivity index (χ0v) is 16.2. The van der Waals surface area contributed by atoms with Crippen molar-refractivity contribution in [2.24, 2.45) is 5.92 Å². The molecule has 0 atom stereocenters. The average molecular weight is 388 g/mol. The van der Waals surface area contributed by atoms with Crippen LogP contribution in [-0.4, -0.2) is 40.8 Å². The summed E-state index contributed by atoms with van der Waals surface area (Å²) in [6.07, 6.45) is 7.20. The summed E-state index contributed by atoms with van der Waals surface area (Å²) in [6, 6.07) is 7.84. The van der Waals surface area contributed by atoms with Gasteiger partial charge in [-0.05, 0) is 31.7 Å². The molecule has 1 aliphatic heterocycles. The fraction of sp³-hybridized carbons (Fsp3) is 0.524. The average Bonchev–Trinajstić information content (AvgIpc) is 3.05. The van der Waals surface area contributed by atoms with Gasteiger partial charge in [0.05, 0.1) is 5.02 Å². The zero-order chi connectivity index (χ0) is 18.8. The lowest BCUT2D eigenvalue weighted by Gasteiger charge is -2.33. The molecule has 1 aliphatic carbocycles. The Morgan fingerprint density at radius 3 is 2.44 bits per heavy atom. The molecule has 2 heterocycles. The van der Waals surface area contributed by atoms with Crippen molar-refractivity contribution in [1.82, 2.24) is 15.2 Å². The van der Waals surface area contributed by atoms with Crippen LogP contribution in [0.2, 0.25) is 5.02 Å². The fourth-order valence-electron chi connectivity index (χ4n) is 4.32. The molecule has 144 valence electrons. The van der Waals surface area contributed by atoms with Gasteiger partial charge in [0.25, 0.3) is 5.91 Å². The standard InChI is InChI=1S/C21H26ClN3O2/c22-18-16-8-4-5-9-17(16)24-19(18)21(27)25-12-10-15(11-13-25)23-20(26)14-6-2-1-3-7-14/h4-5,8-9,14-15,24H,1-3,6-7,10-13H2,(H,23,26). The van der Waals surface area contributed by atoms with Gasteiger partial charge >= 0.3 is 0 Å². The Morgan fingerprint density at radius 2 is 1.74 bits per heavy atom. The van der Waals surface area contributed by atoms with Crippen LogP contribution in [0.5, 0.6) is 0 Å². The molecule has 0 bridgehead atoms. The maximum absolute atomic E-state index is 12.9. The number of benzene rings is 1. The molecule has 2 aromatic rings. The molecule has 2 fully saturated rings. The van der Waals surface area contributed by atoms with Crippen molar-refractivity contribution < 1.29 is 9.59 Å². The first-order valence-corrected chi connectivity index (χ1v) is 10.4. The molecule has 2 N–H and O–H groups in total. The van der Waals surface area contributed by atoms with E-state index in [4.69, 9.17) is 11.6 Å². The van der Waals surface area contributed by atoms with Crippen molar-refractivity contribution >= 4 is 34.3 Å². The van der Waals surface area contributed by atoms with Crippen LogP contribution in [0.4, 0.5) is 0 Å². The van der Waals surface area contributed by atoms with Crippen molar-refractivity contribution in [2.75, 3.05) is 13.1 Å². The van der Waals surface area contributed by atoms with E-state index in [2.05, 4.69) is 10.3 Å². The van der Waals surface area contributed by atoms with E-state index in [0.717, 1.165) is 49.4 Å². The van der Waals surface area contributed by atoms with Gasteiger partial charge in [-0.1, -0.05) is 49.1 Å². The number of hydrogen-bond acceptors (Lipinski definition) is 2. The summed E-state index contributed by atoms with van der Waals surface area (Å²) in [5.74, 6) is 0.329. The van der Waals surface area contributed by atoms with Crippen LogP contribution in [0.1, 0.15) is 55.4 Å². The minimum atomic E-state index is -0.0618. The van der Waals surface area contributed by atoms with Crippen LogP contribution in [0.3, 0.4) is 0 Å². The topological polar surface area (TPSA) is 65.2 Å². The van der Waals surface area contributed by atoms with Crippen molar-refractivity contribution in [2.45, 2.75) is 51.0 Å². The number of hydrogen-bond donors (Lipinski definition) is 2. The van der Waals surface area contributed by atoms with Gasteiger partial charge in [0.2, 0.25) is 5.91 Å². The van der Waals surface area contributed by atoms with E-state index < -0.39 is 0 Å². The number of nitrogens with one attached hydrogen (secondary N) is 2. The summed E-state index contributed by atoms with van der Waals surface area (Å²) in [4.78, 5) is 30.3. The van der Waals surface area contributed by atoms with Gasteiger partial charge in [-0.25, -0.2) is 0 Å². The first-order chi connectivity index (χ1) is 13.1. The molecule has 2 amide bonds. The van der Waals surface area contributed by atoms with E-state index >= 15 is 0 Å². The summed E-state index contributed by atoms with van der Waals surface area (Å²) in [5.41, 5.74) is 1.34. The first kappa shape index (κ1) is 18.4. The van der Waals surface area contributed by atoms with Gasteiger partial charge in [-0.15, -0.1) is 0 Å². The summed E-state index contributed by atoms with van der Waals surface area (Å²) in [7, 11) is 0. The zero-order valence-electron chi connectivity index (χ0n) is 15.5. The molecule has 5 nitrogen and oxygen atoms in total. The second-order valence-corrected chi connectivity index (χ2v) is 8.15. The van der Waals surface area contributed by atoms with E-state index in [9.17, 15) is 9.59 Å². The number of nitrogens with zero attached hydrogens (tertiary/aromatic N) is 1. The van der Waals surface area contributed by atoms with Crippen LogP contribution in [0.15, 0.2) is 24.3 Å². The fourth-order valence-corrected chi connectivity index (χ4v) is 4.62. The van der Waals surface area contributed by atoms with Crippen LogP contribution in [0, 0.1) is 5.92 Å². The molecular formula is C21H26ClN3O2. The second-order valence-electron chi connectivity index (χ2n) is 7.77. The van der Waals surface area contributed by atoms with Crippen molar-refractivity contribution in [1.29, 1.82) is 0 Å². The minimum Gasteiger partial charge on any atom is -0.353 e. The van der Waals surface area contributed by atoms with Crippen LogP contribution < -0.4 is 5.32 Å². The van der Waals surface area contributed by atoms with Crippen molar-refractivity contribution in [3.63, 3.8) is 0 Å². The number of aromatic nitrogens is 1. The smallest absolute Gasteiger partial charge is 0.271 e. The minimum absolute atomic E-state index is 0.0618. The van der Waals surface area contributed by atoms with Gasteiger partial charge in [-0.3, -0.25) is 9.59 Å². The highest BCUT2D eigenvalue weighted by molar-refractivity contribution is 6.38. The van der Waals surface area contributed by atoms with Crippen molar-refractivity contribution in [3.8, 4) is 0 Å². The lowest BCUT2D eigenvalue weighted by Crippen LogP contribution is -2.48. The Morgan fingerprint density at radius 1 is 1.04 bits per heavy atom. The molecule has 1 saturated carbocycles. The molecule has 27 heavy (non-hydrogen) atoms. The number of amides is 2.